The normalized spacial score (nSPS) is 15.7. The highest BCUT2D eigenvalue weighted by atomic mass is 35.5. The van der Waals surface area contributed by atoms with Crippen LogP contribution >= 0.6 is 23.8 Å². The summed E-state index contributed by atoms with van der Waals surface area (Å²) in [6.45, 7) is 0. The molecule has 27 heavy (non-hydrogen) atoms. The minimum Gasteiger partial charge on any atom is -0.480 e. The van der Waals surface area contributed by atoms with E-state index in [1.165, 1.54) is 31.4 Å². The first-order chi connectivity index (χ1) is 12.9. The van der Waals surface area contributed by atoms with Crippen LogP contribution in [0.5, 0.6) is 11.9 Å². The van der Waals surface area contributed by atoms with Crippen molar-refractivity contribution in [2.24, 2.45) is 0 Å². The summed E-state index contributed by atoms with van der Waals surface area (Å²) in [7, 11) is 2.82. The number of benzene rings is 1. The van der Waals surface area contributed by atoms with Gasteiger partial charge in [0, 0.05) is 11.2 Å². The number of methoxy groups -OCH3 is 2. The van der Waals surface area contributed by atoms with Gasteiger partial charge in [0.15, 0.2) is 5.11 Å². The predicted molar refractivity (Wildman–Crippen MR) is 103 cm³/mol. The lowest BCUT2D eigenvalue weighted by Crippen LogP contribution is -2.54. The Kier molecular flexibility index (Phi) is 5.33. The van der Waals surface area contributed by atoms with E-state index in [0.717, 1.165) is 0 Å². The quantitative estimate of drug-likeness (QED) is 0.473. The molecule has 0 bridgehead atoms. The number of carbonyl (C=O) groups excluding carboxylic acids is 2. The van der Waals surface area contributed by atoms with Gasteiger partial charge in [-0.25, -0.2) is 4.98 Å². The van der Waals surface area contributed by atoms with Crippen molar-refractivity contribution in [2.45, 2.75) is 0 Å². The number of rotatable bonds is 4. The monoisotopic (exact) mass is 404 g/mol. The molecule has 1 fully saturated rings. The SMILES string of the molecule is COc1ncc(C=C2C(=O)NC(=S)N(c3ccc(Cl)cc3)C2=O)c(OC)n1. The number of aromatic nitrogens is 2. The van der Waals surface area contributed by atoms with Crippen LogP contribution in [0.15, 0.2) is 36.0 Å². The summed E-state index contributed by atoms with van der Waals surface area (Å²) >= 11 is 11.0. The predicted octanol–water partition coefficient (Wildman–Crippen LogP) is 1.98. The Balaban J connectivity index is 2.03. The van der Waals surface area contributed by atoms with Crippen molar-refractivity contribution in [3.63, 3.8) is 0 Å². The summed E-state index contributed by atoms with van der Waals surface area (Å²) in [4.78, 5) is 34.5. The summed E-state index contributed by atoms with van der Waals surface area (Å²) in [5.41, 5.74) is 0.657. The number of nitrogens with zero attached hydrogens (tertiary/aromatic N) is 3. The van der Waals surface area contributed by atoms with Crippen LogP contribution in [0.1, 0.15) is 5.56 Å². The van der Waals surface area contributed by atoms with E-state index < -0.39 is 11.8 Å². The zero-order chi connectivity index (χ0) is 19.6. The second-order valence-corrected chi connectivity index (χ2v) is 6.08. The number of hydrogen-bond donors (Lipinski definition) is 1. The Labute approximate surface area is 164 Å². The molecule has 8 nitrogen and oxygen atoms in total. The van der Waals surface area contributed by atoms with Crippen molar-refractivity contribution in [1.29, 1.82) is 0 Å². The zero-order valence-electron chi connectivity index (χ0n) is 14.2. The van der Waals surface area contributed by atoms with Gasteiger partial charge in [0.05, 0.1) is 25.5 Å². The Bertz CT molecular complexity index is 962. The van der Waals surface area contributed by atoms with Crippen LogP contribution in [0.3, 0.4) is 0 Å². The maximum Gasteiger partial charge on any atom is 0.319 e. The van der Waals surface area contributed by atoms with E-state index in [1.807, 2.05) is 0 Å². The van der Waals surface area contributed by atoms with E-state index in [4.69, 9.17) is 33.3 Å². The average Bonchev–Trinajstić information content (AvgIpc) is 2.66. The van der Waals surface area contributed by atoms with Gasteiger partial charge in [-0.1, -0.05) is 11.6 Å². The van der Waals surface area contributed by atoms with Crippen molar-refractivity contribution in [3.8, 4) is 11.9 Å². The number of ether oxygens (including phenoxy) is 2. The lowest BCUT2D eigenvalue weighted by molar-refractivity contribution is -0.122. The maximum absolute atomic E-state index is 12.9. The first kappa shape index (κ1) is 18.7. The van der Waals surface area contributed by atoms with Gasteiger partial charge < -0.3 is 9.47 Å². The standard InChI is InChI=1S/C17H13ClN4O4S/c1-25-14-9(8-19-16(21-14)26-2)7-12-13(23)20-17(27)22(15(12)24)11-5-3-10(18)4-6-11/h3-8H,1-2H3,(H,20,23,27). The van der Waals surface area contributed by atoms with Gasteiger partial charge in [-0.2, -0.15) is 4.98 Å². The average molecular weight is 405 g/mol. The van der Waals surface area contributed by atoms with Crippen molar-refractivity contribution in [1.82, 2.24) is 15.3 Å². The molecule has 0 saturated carbocycles. The molecule has 1 aliphatic rings. The van der Waals surface area contributed by atoms with Crippen molar-refractivity contribution < 1.29 is 19.1 Å². The molecule has 1 N–H and O–H groups in total. The zero-order valence-corrected chi connectivity index (χ0v) is 15.8. The first-order valence-electron chi connectivity index (χ1n) is 7.56. The van der Waals surface area contributed by atoms with E-state index in [2.05, 4.69) is 15.3 Å². The Morgan fingerprint density at radius 3 is 2.52 bits per heavy atom. The van der Waals surface area contributed by atoms with Crippen LogP contribution in [0.2, 0.25) is 5.02 Å². The van der Waals surface area contributed by atoms with E-state index in [-0.39, 0.29) is 22.6 Å². The highest BCUT2D eigenvalue weighted by molar-refractivity contribution is 7.80. The molecule has 0 radical (unpaired) electrons. The van der Waals surface area contributed by atoms with Crippen molar-refractivity contribution in [2.75, 3.05) is 19.1 Å². The van der Waals surface area contributed by atoms with Gasteiger partial charge in [-0.15, -0.1) is 0 Å². The van der Waals surface area contributed by atoms with Gasteiger partial charge in [0.25, 0.3) is 11.8 Å². The molecular weight excluding hydrogens is 392 g/mol. The summed E-state index contributed by atoms with van der Waals surface area (Å²) in [6.07, 6.45) is 2.72. The summed E-state index contributed by atoms with van der Waals surface area (Å²) in [6, 6.07) is 6.58. The first-order valence-corrected chi connectivity index (χ1v) is 8.35. The fourth-order valence-electron chi connectivity index (χ4n) is 2.36. The van der Waals surface area contributed by atoms with E-state index in [1.54, 1.807) is 24.3 Å². The molecule has 2 heterocycles. The van der Waals surface area contributed by atoms with Gasteiger partial charge in [-0.05, 0) is 42.6 Å². The van der Waals surface area contributed by atoms with E-state index >= 15 is 0 Å². The molecule has 2 aromatic rings. The van der Waals surface area contributed by atoms with Crippen LogP contribution in [0, 0.1) is 0 Å². The lowest BCUT2D eigenvalue weighted by atomic mass is 10.1. The Morgan fingerprint density at radius 2 is 1.89 bits per heavy atom. The fourth-order valence-corrected chi connectivity index (χ4v) is 2.77. The smallest absolute Gasteiger partial charge is 0.319 e. The Morgan fingerprint density at radius 1 is 1.19 bits per heavy atom. The summed E-state index contributed by atoms with van der Waals surface area (Å²) in [5, 5.41) is 2.98. The van der Waals surface area contributed by atoms with Crippen molar-refractivity contribution in [3.05, 3.63) is 46.6 Å². The number of amides is 2. The molecule has 0 atom stereocenters. The molecule has 1 aliphatic heterocycles. The number of anilines is 1. The lowest BCUT2D eigenvalue weighted by Gasteiger charge is -2.28. The number of carbonyl (C=O) groups is 2. The molecule has 2 amide bonds. The number of hydrogen-bond acceptors (Lipinski definition) is 7. The molecule has 10 heteroatoms. The number of thiocarbonyl (C=S) groups is 1. The molecule has 0 aliphatic carbocycles. The molecule has 0 spiro atoms. The van der Waals surface area contributed by atoms with Gasteiger partial charge in [-0.3, -0.25) is 19.8 Å². The molecule has 1 saturated heterocycles. The van der Waals surface area contributed by atoms with Crippen LogP contribution in [0.25, 0.3) is 6.08 Å². The molecule has 1 aromatic carbocycles. The second kappa shape index (κ2) is 7.68. The van der Waals surface area contributed by atoms with Crippen LogP contribution in [-0.2, 0) is 9.59 Å². The van der Waals surface area contributed by atoms with Gasteiger partial charge in [0.2, 0.25) is 5.88 Å². The fraction of sp³-hybridized carbons (Fsp3) is 0.118. The Hall–Kier alpha value is -3.04. The van der Waals surface area contributed by atoms with Crippen molar-refractivity contribution >= 4 is 52.5 Å². The minimum absolute atomic E-state index is 0.0255. The van der Waals surface area contributed by atoms with Gasteiger partial charge >= 0.3 is 6.01 Å². The highest BCUT2D eigenvalue weighted by Gasteiger charge is 2.34. The topological polar surface area (TPSA) is 93.7 Å². The molecule has 0 unspecified atom stereocenters. The molecule has 3 rings (SSSR count). The highest BCUT2D eigenvalue weighted by Crippen LogP contribution is 2.25. The third kappa shape index (κ3) is 3.74. The molecule has 1 aromatic heterocycles. The van der Waals surface area contributed by atoms with E-state index in [0.29, 0.717) is 16.3 Å². The number of halogens is 1. The third-order valence-corrected chi connectivity index (χ3v) is 4.16. The summed E-state index contributed by atoms with van der Waals surface area (Å²) in [5.74, 6) is -1.07. The van der Waals surface area contributed by atoms with E-state index in [9.17, 15) is 9.59 Å². The minimum atomic E-state index is -0.631. The third-order valence-electron chi connectivity index (χ3n) is 3.62. The van der Waals surface area contributed by atoms with Crippen LogP contribution in [-0.4, -0.2) is 41.1 Å². The molecule has 138 valence electrons. The molecular formula is C17H13ClN4O4S. The van der Waals surface area contributed by atoms with Gasteiger partial charge in [0.1, 0.15) is 5.57 Å². The van der Waals surface area contributed by atoms with Crippen LogP contribution in [0.4, 0.5) is 5.69 Å². The van der Waals surface area contributed by atoms with Crippen LogP contribution < -0.4 is 19.7 Å². The number of nitrogens with one attached hydrogen (secondary N) is 1. The second-order valence-electron chi connectivity index (χ2n) is 5.26. The summed E-state index contributed by atoms with van der Waals surface area (Å²) < 4.78 is 10.1. The maximum atomic E-state index is 12.9. The largest absolute Gasteiger partial charge is 0.480 e.